The van der Waals surface area contributed by atoms with E-state index in [4.69, 9.17) is 21.1 Å². The van der Waals surface area contributed by atoms with Crippen LogP contribution in [0.5, 0.6) is 5.75 Å². The molecule has 0 heterocycles. The second-order valence-electron chi connectivity index (χ2n) is 5.54. The van der Waals surface area contributed by atoms with Crippen molar-refractivity contribution in [1.29, 1.82) is 0 Å². The van der Waals surface area contributed by atoms with E-state index in [1.807, 2.05) is 6.92 Å². The minimum atomic E-state index is -0.366. The molecule has 0 spiro atoms. The average Bonchev–Trinajstić information content (AvgIpc) is 2.63. The normalized spacial score (nSPS) is 10.3. The number of benzene rings is 2. The Balaban J connectivity index is 1.96. The van der Waals surface area contributed by atoms with Crippen LogP contribution in [-0.4, -0.2) is 38.7 Å². The fourth-order valence-corrected chi connectivity index (χ4v) is 2.31. The maximum Gasteiger partial charge on any atom is 0.262 e. The maximum absolute atomic E-state index is 12.2. The Morgan fingerprint density at radius 3 is 2.65 bits per heavy atom. The summed E-state index contributed by atoms with van der Waals surface area (Å²) in [7, 11) is 1.56. The summed E-state index contributed by atoms with van der Waals surface area (Å²) < 4.78 is 10.4. The van der Waals surface area contributed by atoms with Crippen LogP contribution in [0.2, 0.25) is 5.02 Å². The third-order valence-corrected chi connectivity index (χ3v) is 3.96. The van der Waals surface area contributed by atoms with Crippen LogP contribution in [0.25, 0.3) is 0 Å². The highest BCUT2D eigenvalue weighted by Gasteiger charge is 2.13. The van der Waals surface area contributed by atoms with Gasteiger partial charge in [0.2, 0.25) is 0 Å². The molecule has 2 rings (SSSR count). The molecule has 0 aromatic heterocycles. The fraction of sp³-hybridized carbons (Fsp3) is 0.263. The van der Waals surface area contributed by atoms with Gasteiger partial charge in [0.05, 0.1) is 17.9 Å². The number of para-hydroxylation sites is 1. The standard InChI is InChI=1S/C19H21ClN2O4/c1-13-11-14(7-8-16(13)20)26-12-18(23)22-17-6-4-3-5-15(17)19(24)21-9-10-25-2/h3-8,11H,9-10,12H2,1-2H3,(H,21,24)(H,22,23). The molecule has 2 aromatic rings. The Morgan fingerprint density at radius 2 is 1.92 bits per heavy atom. The molecule has 0 fully saturated rings. The van der Waals surface area contributed by atoms with Gasteiger partial charge in [-0.1, -0.05) is 23.7 Å². The largest absolute Gasteiger partial charge is 0.484 e. The summed E-state index contributed by atoms with van der Waals surface area (Å²) in [5.74, 6) is -0.102. The minimum Gasteiger partial charge on any atom is -0.484 e. The number of halogens is 1. The molecule has 0 unspecified atom stereocenters. The highest BCUT2D eigenvalue weighted by molar-refractivity contribution is 6.31. The first kappa shape index (κ1) is 19.8. The molecule has 138 valence electrons. The first-order valence-corrected chi connectivity index (χ1v) is 8.44. The van der Waals surface area contributed by atoms with Crippen LogP contribution >= 0.6 is 11.6 Å². The van der Waals surface area contributed by atoms with Gasteiger partial charge in [-0.2, -0.15) is 0 Å². The van der Waals surface area contributed by atoms with Crippen LogP contribution in [0, 0.1) is 6.92 Å². The molecule has 0 aliphatic carbocycles. The van der Waals surface area contributed by atoms with E-state index in [0.29, 0.717) is 35.2 Å². The predicted molar refractivity (Wildman–Crippen MR) is 101 cm³/mol. The van der Waals surface area contributed by atoms with E-state index >= 15 is 0 Å². The summed E-state index contributed by atoms with van der Waals surface area (Å²) >= 11 is 5.96. The zero-order chi connectivity index (χ0) is 18.9. The van der Waals surface area contributed by atoms with Crippen LogP contribution in [0.3, 0.4) is 0 Å². The zero-order valence-electron chi connectivity index (χ0n) is 14.7. The van der Waals surface area contributed by atoms with Gasteiger partial charge in [-0.15, -0.1) is 0 Å². The Labute approximate surface area is 157 Å². The average molecular weight is 377 g/mol. The van der Waals surface area contributed by atoms with Gasteiger partial charge in [-0.05, 0) is 42.8 Å². The number of hydrogen-bond donors (Lipinski definition) is 2. The van der Waals surface area contributed by atoms with Crippen LogP contribution in [0.4, 0.5) is 5.69 Å². The van der Waals surface area contributed by atoms with Gasteiger partial charge < -0.3 is 20.1 Å². The van der Waals surface area contributed by atoms with E-state index in [1.165, 1.54) is 0 Å². The molecule has 0 saturated heterocycles. The smallest absolute Gasteiger partial charge is 0.262 e. The Kier molecular flexibility index (Phi) is 7.44. The van der Waals surface area contributed by atoms with Crippen molar-refractivity contribution in [1.82, 2.24) is 5.32 Å². The molecule has 0 aliphatic rings. The molecule has 0 saturated carbocycles. The van der Waals surface area contributed by atoms with Crippen molar-refractivity contribution >= 4 is 29.1 Å². The van der Waals surface area contributed by atoms with Crippen molar-refractivity contribution in [3.8, 4) is 5.75 Å². The molecule has 2 N–H and O–H groups in total. The molecule has 7 heteroatoms. The summed E-state index contributed by atoms with van der Waals surface area (Å²) in [5.41, 5.74) is 1.66. The molecule has 2 amide bonds. The molecular weight excluding hydrogens is 356 g/mol. The van der Waals surface area contributed by atoms with Gasteiger partial charge in [0.25, 0.3) is 11.8 Å². The zero-order valence-corrected chi connectivity index (χ0v) is 15.4. The summed E-state index contributed by atoms with van der Waals surface area (Å²) in [6.07, 6.45) is 0. The number of carbonyl (C=O) groups is 2. The number of aryl methyl sites for hydroxylation is 1. The van der Waals surface area contributed by atoms with Gasteiger partial charge in [0.1, 0.15) is 5.75 Å². The number of ether oxygens (including phenoxy) is 2. The lowest BCUT2D eigenvalue weighted by atomic mass is 10.1. The molecule has 0 atom stereocenters. The maximum atomic E-state index is 12.2. The first-order chi connectivity index (χ1) is 12.5. The lowest BCUT2D eigenvalue weighted by Crippen LogP contribution is -2.28. The molecular formula is C19H21ClN2O4. The summed E-state index contributed by atoms with van der Waals surface area (Å²) in [5, 5.41) is 6.05. The van der Waals surface area contributed by atoms with E-state index < -0.39 is 0 Å². The number of methoxy groups -OCH3 is 1. The van der Waals surface area contributed by atoms with E-state index in [0.717, 1.165) is 5.56 Å². The van der Waals surface area contributed by atoms with Crippen LogP contribution in [-0.2, 0) is 9.53 Å². The molecule has 2 aromatic carbocycles. The minimum absolute atomic E-state index is 0.180. The molecule has 0 radical (unpaired) electrons. The monoisotopic (exact) mass is 376 g/mol. The lowest BCUT2D eigenvalue weighted by molar-refractivity contribution is -0.118. The number of amides is 2. The number of anilines is 1. The third-order valence-electron chi connectivity index (χ3n) is 3.54. The Hall–Kier alpha value is -2.57. The molecule has 26 heavy (non-hydrogen) atoms. The summed E-state index contributed by atoms with van der Waals surface area (Å²) in [4.78, 5) is 24.4. The second-order valence-corrected chi connectivity index (χ2v) is 5.95. The van der Waals surface area contributed by atoms with Crippen LogP contribution in [0.1, 0.15) is 15.9 Å². The van der Waals surface area contributed by atoms with E-state index in [-0.39, 0.29) is 18.4 Å². The predicted octanol–water partition coefficient (Wildman–Crippen LogP) is 3.04. The fourth-order valence-electron chi connectivity index (χ4n) is 2.19. The van der Waals surface area contributed by atoms with Gasteiger partial charge in [0, 0.05) is 18.7 Å². The number of nitrogens with one attached hydrogen (secondary N) is 2. The van der Waals surface area contributed by atoms with Crippen molar-refractivity contribution < 1.29 is 19.1 Å². The number of hydrogen-bond acceptors (Lipinski definition) is 4. The number of carbonyl (C=O) groups excluding carboxylic acids is 2. The third kappa shape index (κ3) is 5.75. The Bertz CT molecular complexity index is 780. The second kappa shape index (κ2) is 9.79. The van der Waals surface area contributed by atoms with E-state index in [1.54, 1.807) is 49.6 Å². The summed E-state index contributed by atoms with van der Waals surface area (Å²) in [6.45, 7) is 2.47. The van der Waals surface area contributed by atoms with Gasteiger partial charge in [0.15, 0.2) is 6.61 Å². The highest BCUT2D eigenvalue weighted by atomic mass is 35.5. The summed E-state index contributed by atoms with van der Waals surface area (Å²) in [6, 6.07) is 11.9. The first-order valence-electron chi connectivity index (χ1n) is 8.06. The van der Waals surface area contributed by atoms with Crippen molar-refractivity contribution in [3.63, 3.8) is 0 Å². The topological polar surface area (TPSA) is 76.7 Å². The molecule has 0 aliphatic heterocycles. The molecule has 6 nitrogen and oxygen atoms in total. The van der Waals surface area contributed by atoms with Gasteiger partial charge in [-0.25, -0.2) is 0 Å². The van der Waals surface area contributed by atoms with Gasteiger partial charge in [-0.3, -0.25) is 9.59 Å². The quantitative estimate of drug-likeness (QED) is 0.694. The lowest BCUT2D eigenvalue weighted by Gasteiger charge is -2.12. The van der Waals surface area contributed by atoms with Crippen LogP contribution in [0.15, 0.2) is 42.5 Å². The van der Waals surface area contributed by atoms with Gasteiger partial charge >= 0.3 is 0 Å². The SMILES string of the molecule is COCCNC(=O)c1ccccc1NC(=O)COc1ccc(Cl)c(C)c1. The van der Waals surface area contributed by atoms with Crippen molar-refractivity contribution in [2.45, 2.75) is 6.92 Å². The Morgan fingerprint density at radius 1 is 1.15 bits per heavy atom. The van der Waals surface area contributed by atoms with Crippen molar-refractivity contribution in [3.05, 3.63) is 58.6 Å². The molecule has 0 bridgehead atoms. The van der Waals surface area contributed by atoms with Crippen molar-refractivity contribution in [2.75, 3.05) is 32.2 Å². The number of rotatable bonds is 8. The van der Waals surface area contributed by atoms with E-state index in [2.05, 4.69) is 10.6 Å². The highest BCUT2D eigenvalue weighted by Crippen LogP contribution is 2.21. The van der Waals surface area contributed by atoms with E-state index in [9.17, 15) is 9.59 Å². The van der Waals surface area contributed by atoms with Crippen molar-refractivity contribution in [2.24, 2.45) is 0 Å². The van der Waals surface area contributed by atoms with Crippen LogP contribution < -0.4 is 15.4 Å².